The molecule has 0 aromatic heterocycles. The van der Waals surface area contributed by atoms with Crippen LogP contribution >= 0.6 is 0 Å². The lowest BCUT2D eigenvalue weighted by molar-refractivity contribution is 0.00355. The van der Waals surface area contributed by atoms with Crippen molar-refractivity contribution in [3.8, 4) is 5.75 Å². The van der Waals surface area contributed by atoms with Crippen LogP contribution in [0.25, 0.3) is 0 Å². The number of phenols is 1. The largest absolute Gasteiger partial charge is 0.508 e. The van der Waals surface area contributed by atoms with E-state index in [1.165, 1.54) is 25.7 Å². The van der Waals surface area contributed by atoms with E-state index >= 15 is 0 Å². The van der Waals surface area contributed by atoms with Gasteiger partial charge in [-0.3, -0.25) is 0 Å². The van der Waals surface area contributed by atoms with Gasteiger partial charge in [0, 0.05) is 0 Å². The van der Waals surface area contributed by atoms with Crippen molar-refractivity contribution in [1.82, 2.24) is 0 Å². The highest BCUT2D eigenvalue weighted by Crippen LogP contribution is 2.67. The predicted octanol–water partition coefficient (Wildman–Crippen LogP) is 6.75. The molecule has 0 spiro atoms. The third-order valence-corrected chi connectivity index (χ3v) is 9.74. The molecule has 2 nitrogen and oxygen atoms in total. The summed E-state index contributed by atoms with van der Waals surface area (Å²) < 4.78 is 0. The Hall–Kier alpha value is -1.54. The fourth-order valence-corrected chi connectivity index (χ4v) is 8.21. The first-order valence-electron chi connectivity index (χ1n) is 12.2. The molecule has 5 rings (SSSR count). The third kappa shape index (κ3) is 2.72. The van der Waals surface area contributed by atoms with Gasteiger partial charge in [-0.1, -0.05) is 57.5 Å². The fraction of sp³-hybridized carbons (Fsp3) is 0.643. The molecule has 1 aromatic carbocycles. The first kappa shape index (κ1) is 20.4. The molecule has 162 valence electrons. The van der Waals surface area contributed by atoms with E-state index in [0.717, 1.165) is 36.7 Å². The SMILES string of the molecule is CC(C)[C@H]1CC=C2C3=C(CC[C@@]21C)[C@]1(C)C(CC3)CC(O)CC1c1ccccc1O. The number of rotatable bonds is 2. The van der Waals surface area contributed by atoms with Gasteiger partial charge in [0.2, 0.25) is 0 Å². The van der Waals surface area contributed by atoms with E-state index < -0.39 is 0 Å². The summed E-state index contributed by atoms with van der Waals surface area (Å²) in [6.45, 7) is 9.78. The number of para-hydroxylation sites is 1. The highest BCUT2D eigenvalue weighted by molar-refractivity contribution is 5.51. The minimum absolute atomic E-state index is 0.0315. The Labute approximate surface area is 182 Å². The maximum absolute atomic E-state index is 10.8. The average molecular weight is 407 g/mol. The van der Waals surface area contributed by atoms with Crippen LogP contribution in [0.5, 0.6) is 5.75 Å². The van der Waals surface area contributed by atoms with Crippen LogP contribution < -0.4 is 0 Å². The van der Waals surface area contributed by atoms with Crippen molar-refractivity contribution in [2.75, 3.05) is 0 Å². The van der Waals surface area contributed by atoms with E-state index in [1.54, 1.807) is 16.7 Å². The molecule has 1 saturated carbocycles. The summed E-state index contributed by atoms with van der Waals surface area (Å²) in [5, 5.41) is 21.5. The Morgan fingerprint density at radius 1 is 1.07 bits per heavy atom. The summed E-state index contributed by atoms with van der Waals surface area (Å²) in [6.07, 6.45) is 9.96. The quantitative estimate of drug-likeness (QED) is 0.570. The zero-order valence-corrected chi connectivity index (χ0v) is 19.1. The number of benzene rings is 1. The summed E-state index contributed by atoms with van der Waals surface area (Å²) in [7, 11) is 0. The van der Waals surface area contributed by atoms with Gasteiger partial charge in [-0.05, 0) is 102 Å². The Balaban J connectivity index is 1.63. The van der Waals surface area contributed by atoms with Crippen molar-refractivity contribution in [2.24, 2.45) is 28.6 Å². The smallest absolute Gasteiger partial charge is 0.119 e. The molecular formula is C28H38O2. The Bertz CT molecular complexity index is 909. The van der Waals surface area contributed by atoms with Crippen molar-refractivity contribution >= 4 is 0 Å². The van der Waals surface area contributed by atoms with Gasteiger partial charge in [-0.2, -0.15) is 0 Å². The summed E-state index contributed by atoms with van der Waals surface area (Å²) in [6, 6.07) is 7.85. The Morgan fingerprint density at radius 2 is 1.83 bits per heavy atom. The van der Waals surface area contributed by atoms with Crippen LogP contribution in [-0.2, 0) is 0 Å². The van der Waals surface area contributed by atoms with E-state index in [0.29, 0.717) is 17.1 Å². The van der Waals surface area contributed by atoms with Gasteiger partial charge in [-0.15, -0.1) is 0 Å². The molecule has 0 radical (unpaired) electrons. The number of allylic oxidation sites excluding steroid dienone is 4. The molecular weight excluding hydrogens is 368 g/mol. The van der Waals surface area contributed by atoms with Crippen molar-refractivity contribution < 1.29 is 10.2 Å². The molecule has 2 N–H and O–H groups in total. The van der Waals surface area contributed by atoms with Crippen LogP contribution in [0.3, 0.4) is 0 Å². The molecule has 0 saturated heterocycles. The van der Waals surface area contributed by atoms with Gasteiger partial charge >= 0.3 is 0 Å². The van der Waals surface area contributed by atoms with E-state index in [1.807, 2.05) is 18.2 Å². The first-order chi connectivity index (χ1) is 14.3. The molecule has 4 aliphatic rings. The van der Waals surface area contributed by atoms with E-state index in [4.69, 9.17) is 0 Å². The van der Waals surface area contributed by atoms with Gasteiger partial charge in [0.25, 0.3) is 0 Å². The maximum atomic E-state index is 10.8. The summed E-state index contributed by atoms with van der Waals surface area (Å²) in [5.41, 5.74) is 6.36. The summed E-state index contributed by atoms with van der Waals surface area (Å²) in [5.74, 6) is 2.55. The number of fused-ring (bicyclic) bond motifs is 4. The minimum atomic E-state index is -0.264. The lowest BCUT2D eigenvalue weighted by Gasteiger charge is -2.57. The average Bonchev–Trinajstić information content (AvgIpc) is 3.06. The monoisotopic (exact) mass is 406 g/mol. The van der Waals surface area contributed by atoms with Gasteiger partial charge < -0.3 is 10.2 Å². The molecule has 3 unspecified atom stereocenters. The molecule has 6 atom stereocenters. The van der Waals surface area contributed by atoms with Crippen LogP contribution in [0, 0.1) is 28.6 Å². The standard InChI is InChI=1S/C28H38O2/c1-17(2)22-11-12-23-20-10-9-18-15-19(29)16-25(21-7-5-6-8-26(21)30)28(18,4)24(20)13-14-27(22,23)3/h5-8,12,17-19,22,25,29-30H,9-11,13-16H2,1-4H3/t18?,19?,22-,25?,27-,28+/m1/s1. The number of hydrogen-bond donors (Lipinski definition) is 2. The molecule has 0 bridgehead atoms. The lowest BCUT2D eigenvalue weighted by Crippen LogP contribution is -2.48. The lowest BCUT2D eigenvalue weighted by atomic mass is 9.48. The zero-order chi connectivity index (χ0) is 21.3. The van der Waals surface area contributed by atoms with Crippen molar-refractivity contribution in [1.29, 1.82) is 0 Å². The summed E-state index contributed by atoms with van der Waals surface area (Å²) >= 11 is 0. The maximum Gasteiger partial charge on any atom is 0.119 e. The van der Waals surface area contributed by atoms with Gasteiger partial charge in [-0.25, -0.2) is 0 Å². The second kappa shape index (κ2) is 6.99. The van der Waals surface area contributed by atoms with Gasteiger partial charge in [0.15, 0.2) is 0 Å². The Kier molecular flexibility index (Phi) is 4.74. The summed E-state index contributed by atoms with van der Waals surface area (Å²) in [4.78, 5) is 0. The topological polar surface area (TPSA) is 40.5 Å². The molecule has 4 aliphatic carbocycles. The molecule has 0 aliphatic heterocycles. The van der Waals surface area contributed by atoms with Crippen molar-refractivity contribution in [3.63, 3.8) is 0 Å². The molecule has 0 amide bonds. The Morgan fingerprint density at radius 3 is 2.57 bits per heavy atom. The van der Waals surface area contributed by atoms with Gasteiger partial charge in [0.1, 0.15) is 5.75 Å². The zero-order valence-electron chi connectivity index (χ0n) is 19.1. The van der Waals surface area contributed by atoms with Crippen molar-refractivity contribution in [2.45, 2.75) is 84.7 Å². The molecule has 30 heavy (non-hydrogen) atoms. The highest BCUT2D eigenvalue weighted by Gasteiger charge is 2.56. The second-order valence-corrected chi connectivity index (χ2v) is 11.3. The number of aliphatic hydroxyl groups excluding tert-OH is 1. The van der Waals surface area contributed by atoms with Crippen LogP contribution in [-0.4, -0.2) is 16.3 Å². The molecule has 0 heterocycles. The molecule has 1 aromatic rings. The van der Waals surface area contributed by atoms with E-state index in [2.05, 4.69) is 39.8 Å². The second-order valence-electron chi connectivity index (χ2n) is 11.3. The highest BCUT2D eigenvalue weighted by atomic mass is 16.3. The number of hydrogen-bond acceptors (Lipinski definition) is 2. The number of aliphatic hydroxyl groups is 1. The van der Waals surface area contributed by atoms with Crippen LogP contribution in [0.2, 0.25) is 0 Å². The minimum Gasteiger partial charge on any atom is -0.508 e. The van der Waals surface area contributed by atoms with Crippen LogP contribution in [0.15, 0.2) is 47.1 Å². The van der Waals surface area contributed by atoms with Gasteiger partial charge in [0.05, 0.1) is 6.10 Å². The third-order valence-electron chi connectivity index (χ3n) is 9.74. The number of phenolic OH excluding ortho intramolecular Hbond substituents is 1. The molecule has 2 heteroatoms. The normalized spacial score (nSPS) is 40.7. The number of aromatic hydroxyl groups is 1. The van der Waals surface area contributed by atoms with Crippen LogP contribution in [0.1, 0.15) is 84.1 Å². The van der Waals surface area contributed by atoms with Crippen LogP contribution in [0.4, 0.5) is 0 Å². The van der Waals surface area contributed by atoms with E-state index in [9.17, 15) is 10.2 Å². The fourth-order valence-electron chi connectivity index (χ4n) is 8.21. The predicted molar refractivity (Wildman–Crippen MR) is 122 cm³/mol. The van der Waals surface area contributed by atoms with Crippen molar-refractivity contribution in [3.05, 3.63) is 52.6 Å². The molecule has 1 fully saturated rings. The first-order valence-corrected chi connectivity index (χ1v) is 12.2. The van der Waals surface area contributed by atoms with E-state index in [-0.39, 0.29) is 17.4 Å².